The number of hydrogen-bond acceptors (Lipinski definition) is 4. The molecule has 0 aliphatic rings. The standard InChI is InChI=1S/C15H21NO5/c1-5-15(2,3)16-13(17)9-21-11-7-6-10(14(18)19)8-12(11)20-4/h6-8H,5,9H2,1-4H3,(H,16,17)(H,18,19). The molecule has 6 heteroatoms. The lowest BCUT2D eigenvalue weighted by Gasteiger charge is -2.24. The summed E-state index contributed by atoms with van der Waals surface area (Å²) in [6, 6.07) is 4.22. The van der Waals surface area contributed by atoms with Crippen LogP contribution >= 0.6 is 0 Å². The molecule has 0 fully saturated rings. The molecule has 0 aliphatic heterocycles. The third-order valence-electron chi connectivity index (χ3n) is 3.13. The number of methoxy groups -OCH3 is 1. The predicted molar refractivity (Wildman–Crippen MR) is 78.0 cm³/mol. The topological polar surface area (TPSA) is 84.9 Å². The van der Waals surface area contributed by atoms with Crippen molar-refractivity contribution in [1.29, 1.82) is 0 Å². The van der Waals surface area contributed by atoms with Gasteiger partial charge in [-0.05, 0) is 38.5 Å². The van der Waals surface area contributed by atoms with Crippen LogP contribution in [-0.2, 0) is 4.79 Å². The fourth-order valence-corrected chi connectivity index (χ4v) is 1.57. The number of carboxylic acid groups (broad SMARTS) is 1. The SMILES string of the molecule is CCC(C)(C)NC(=O)COc1ccc(C(=O)O)cc1OC. The Kier molecular flexibility index (Phi) is 5.58. The maximum atomic E-state index is 11.8. The highest BCUT2D eigenvalue weighted by atomic mass is 16.5. The van der Waals surface area contributed by atoms with Crippen LogP contribution in [-0.4, -0.2) is 36.2 Å². The Bertz CT molecular complexity index is 525. The van der Waals surface area contributed by atoms with Crippen molar-refractivity contribution in [2.75, 3.05) is 13.7 Å². The molecule has 0 aromatic heterocycles. The van der Waals surface area contributed by atoms with Crippen molar-refractivity contribution in [3.05, 3.63) is 23.8 Å². The van der Waals surface area contributed by atoms with Crippen LogP contribution in [0.2, 0.25) is 0 Å². The van der Waals surface area contributed by atoms with Gasteiger partial charge in [0.25, 0.3) is 5.91 Å². The number of amides is 1. The molecule has 1 aromatic carbocycles. The molecule has 21 heavy (non-hydrogen) atoms. The largest absolute Gasteiger partial charge is 0.493 e. The predicted octanol–water partition coefficient (Wildman–Crippen LogP) is 2.08. The molecule has 1 amide bonds. The molecule has 0 unspecified atom stereocenters. The molecule has 0 saturated carbocycles. The molecule has 1 aromatic rings. The highest BCUT2D eigenvalue weighted by molar-refractivity contribution is 5.88. The van der Waals surface area contributed by atoms with Crippen LogP contribution in [0.3, 0.4) is 0 Å². The molecule has 0 atom stereocenters. The first-order valence-corrected chi connectivity index (χ1v) is 6.64. The summed E-state index contributed by atoms with van der Waals surface area (Å²) in [7, 11) is 1.41. The lowest BCUT2D eigenvalue weighted by atomic mass is 10.0. The van der Waals surface area contributed by atoms with E-state index in [1.807, 2.05) is 20.8 Å². The number of nitrogens with one attached hydrogen (secondary N) is 1. The van der Waals surface area contributed by atoms with Crippen LogP contribution in [0, 0.1) is 0 Å². The number of carbonyl (C=O) groups is 2. The summed E-state index contributed by atoms with van der Waals surface area (Å²) < 4.78 is 10.5. The van der Waals surface area contributed by atoms with Gasteiger partial charge in [-0.1, -0.05) is 6.92 Å². The van der Waals surface area contributed by atoms with Gasteiger partial charge in [0, 0.05) is 5.54 Å². The Morgan fingerprint density at radius 1 is 1.29 bits per heavy atom. The summed E-state index contributed by atoms with van der Waals surface area (Å²) in [5, 5.41) is 11.8. The molecular weight excluding hydrogens is 274 g/mol. The Morgan fingerprint density at radius 2 is 1.95 bits per heavy atom. The average Bonchev–Trinajstić information content (AvgIpc) is 2.44. The van der Waals surface area contributed by atoms with Crippen LogP contribution in [0.25, 0.3) is 0 Å². The van der Waals surface area contributed by atoms with E-state index in [2.05, 4.69) is 5.32 Å². The summed E-state index contributed by atoms with van der Waals surface area (Å²) in [5.74, 6) is -0.696. The molecule has 1 rings (SSSR count). The maximum Gasteiger partial charge on any atom is 0.335 e. The Balaban J connectivity index is 2.71. The second kappa shape index (κ2) is 6.97. The summed E-state index contributed by atoms with van der Waals surface area (Å²) in [5.41, 5.74) is -0.201. The second-order valence-electron chi connectivity index (χ2n) is 5.25. The number of hydrogen-bond donors (Lipinski definition) is 2. The van der Waals surface area contributed by atoms with Crippen LogP contribution in [0.5, 0.6) is 11.5 Å². The van der Waals surface area contributed by atoms with Crippen molar-refractivity contribution in [1.82, 2.24) is 5.32 Å². The van der Waals surface area contributed by atoms with Crippen molar-refractivity contribution in [3.63, 3.8) is 0 Å². The molecule has 2 N–H and O–H groups in total. The van der Waals surface area contributed by atoms with Crippen molar-refractivity contribution >= 4 is 11.9 Å². The van der Waals surface area contributed by atoms with Gasteiger partial charge in [0.1, 0.15) is 0 Å². The number of aromatic carboxylic acids is 1. The van der Waals surface area contributed by atoms with E-state index < -0.39 is 5.97 Å². The van der Waals surface area contributed by atoms with Gasteiger partial charge < -0.3 is 19.9 Å². The van der Waals surface area contributed by atoms with Crippen molar-refractivity contribution in [2.45, 2.75) is 32.7 Å². The fraction of sp³-hybridized carbons (Fsp3) is 0.467. The number of benzene rings is 1. The molecule has 0 spiro atoms. The monoisotopic (exact) mass is 295 g/mol. The average molecular weight is 295 g/mol. The lowest BCUT2D eigenvalue weighted by molar-refractivity contribution is -0.124. The summed E-state index contributed by atoms with van der Waals surface area (Å²) >= 11 is 0. The van der Waals surface area contributed by atoms with E-state index in [1.165, 1.54) is 25.3 Å². The number of rotatable bonds is 7. The van der Waals surface area contributed by atoms with E-state index in [-0.39, 0.29) is 29.4 Å². The first kappa shape index (κ1) is 16.8. The number of carboxylic acids is 1. The highest BCUT2D eigenvalue weighted by Crippen LogP contribution is 2.28. The van der Waals surface area contributed by atoms with Gasteiger partial charge in [-0.3, -0.25) is 4.79 Å². The summed E-state index contributed by atoms with van der Waals surface area (Å²) in [6.45, 7) is 5.67. The van der Waals surface area contributed by atoms with E-state index >= 15 is 0 Å². The van der Waals surface area contributed by atoms with Gasteiger partial charge in [-0.2, -0.15) is 0 Å². The molecule has 0 heterocycles. The van der Waals surface area contributed by atoms with Gasteiger partial charge in [-0.25, -0.2) is 4.79 Å². The van der Waals surface area contributed by atoms with Gasteiger partial charge in [0.05, 0.1) is 12.7 Å². The minimum absolute atomic E-state index is 0.0933. The molecule has 0 bridgehead atoms. The van der Waals surface area contributed by atoms with Crippen molar-refractivity contribution < 1.29 is 24.2 Å². The third kappa shape index (κ3) is 4.98. The fourth-order valence-electron chi connectivity index (χ4n) is 1.57. The van der Waals surface area contributed by atoms with Crippen LogP contribution in [0.1, 0.15) is 37.6 Å². The minimum Gasteiger partial charge on any atom is -0.493 e. The smallest absolute Gasteiger partial charge is 0.335 e. The van der Waals surface area contributed by atoms with E-state index in [1.54, 1.807) is 0 Å². The molecule has 0 saturated heterocycles. The molecular formula is C15H21NO5. The van der Waals surface area contributed by atoms with Crippen LogP contribution in [0.15, 0.2) is 18.2 Å². The highest BCUT2D eigenvalue weighted by Gasteiger charge is 2.18. The maximum absolute atomic E-state index is 11.8. The molecule has 0 radical (unpaired) electrons. The first-order valence-electron chi connectivity index (χ1n) is 6.64. The minimum atomic E-state index is -1.05. The zero-order chi connectivity index (χ0) is 16.0. The number of ether oxygens (including phenoxy) is 2. The Morgan fingerprint density at radius 3 is 2.48 bits per heavy atom. The molecule has 6 nitrogen and oxygen atoms in total. The van der Waals surface area contributed by atoms with Gasteiger partial charge in [-0.15, -0.1) is 0 Å². The molecule has 116 valence electrons. The Labute approximate surface area is 124 Å². The van der Waals surface area contributed by atoms with E-state index in [9.17, 15) is 9.59 Å². The quantitative estimate of drug-likeness (QED) is 0.804. The van der Waals surface area contributed by atoms with Crippen LogP contribution in [0.4, 0.5) is 0 Å². The van der Waals surface area contributed by atoms with Gasteiger partial charge in [0.2, 0.25) is 0 Å². The van der Waals surface area contributed by atoms with Crippen molar-refractivity contribution in [2.24, 2.45) is 0 Å². The lowest BCUT2D eigenvalue weighted by Crippen LogP contribution is -2.44. The zero-order valence-corrected chi connectivity index (χ0v) is 12.7. The van der Waals surface area contributed by atoms with Crippen molar-refractivity contribution in [3.8, 4) is 11.5 Å². The van der Waals surface area contributed by atoms with E-state index in [4.69, 9.17) is 14.6 Å². The van der Waals surface area contributed by atoms with Gasteiger partial charge in [0.15, 0.2) is 18.1 Å². The molecule has 0 aliphatic carbocycles. The Hall–Kier alpha value is -2.24. The summed E-state index contributed by atoms with van der Waals surface area (Å²) in [4.78, 5) is 22.7. The van der Waals surface area contributed by atoms with Crippen LogP contribution < -0.4 is 14.8 Å². The first-order chi connectivity index (χ1) is 9.79. The normalized spacial score (nSPS) is 10.9. The zero-order valence-electron chi connectivity index (χ0n) is 12.7. The third-order valence-corrected chi connectivity index (χ3v) is 3.13. The van der Waals surface area contributed by atoms with E-state index in [0.29, 0.717) is 5.75 Å². The number of carbonyl (C=O) groups excluding carboxylic acids is 1. The summed E-state index contributed by atoms with van der Waals surface area (Å²) in [6.07, 6.45) is 0.801. The van der Waals surface area contributed by atoms with E-state index in [0.717, 1.165) is 6.42 Å². The van der Waals surface area contributed by atoms with Gasteiger partial charge >= 0.3 is 5.97 Å². The second-order valence-corrected chi connectivity index (χ2v) is 5.25.